The second-order valence-corrected chi connectivity index (χ2v) is 6.55. The summed E-state index contributed by atoms with van der Waals surface area (Å²) in [5.41, 5.74) is 7.21. The lowest BCUT2D eigenvalue weighted by atomic mass is 10.2. The zero-order valence-corrected chi connectivity index (χ0v) is 12.8. The summed E-state index contributed by atoms with van der Waals surface area (Å²) < 4.78 is 26.9. The number of nitrogen functional groups attached to an aromatic ring is 1. The van der Waals surface area contributed by atoms with Crippen LogP contribution in [0.1, 0.15) is 12.5 Å². The van der Waals surface area contributed by atoms with Crippen molar-refractivity contribution in [1.29, 1.82) is 0 Å². The average Bonchev–Trinajstić information content (AvgIpc) is 2.38. The molecule has 2 aromatic carbocycles. The van der Waals surface area contributed by atoms with Crippen LogP contribution in [-0.4, -0.2) is 20.1 Å². The molecule has 0 amide bonds. The number of phenols is 1. The number of rotatable bonds is 4. The molecule has 0 heterocycles. The fraction of sp³-hybridized carbons (Fsp3) is 0.200. The number of hydrogen-bond donors (Lipinski definition) is 2. The predicted octanol–water partition coefficient (Wildman–Crippen LogP) is 2.50. The number of aryl methyl sites for hydroxylation is 1. The lowest BCUT2D eigenvalue weighted by Gasteiger charge is -2.24. The Kier molecular flexibility index (Phi) is 4.09. The molecule has 112 valence electrons. The summed E-state index contributed by atoms with van der Waals surface area (Å²) in [6.07, 6.45) is 0. The highest BCUT2D eigenvalue weighted by molar-refractivity contribution is 7.92. The Morgan fingerprint density at radius 2 is 1.90 bits per heavy atom. The van der Waals surface area contributed by atoms with Crippen molar-refractivity contribution in [3.8, 4) is 5.75 Å². The highest BCUT2D eigenvalue weighted by Gasteiger charge is 2.25. The third-order valence-electron chi connectivity index (χ3n) is 3.17. The Hall–Kier alpha value is -2.21. The lowest BCUT2D eigenvalue weighted by Crippen LogP contribution is -2.31. The Morgan fingerprint density at radius 1 is 1.19 bits per heavy atom. The van der Waals surface area contributed by atoms with Gasteiger partial charge in [0.25, 0.3) is 10.0 Å². The normalized spacial score (nSPS) is 11.3. The van der Waals surface area contributed by atoms with Crippen LogP contribution in [0.4, 0.5) is 11.4 Å². The van der Waals surface area contributed by atoms with Gasteiger partial charge in [-0.25, -0.2) is 8.42 Å². The van der Waals surface area contributed by atoms with Crippen LogP contribution in [0.2, 0.25) is 0 Å². The number of phenolic OH excluding ortho intramolecular Hbond substituents is 1. The molecule has 3 N–H and O–H groups in total. The van der Waals surface area contributed by atoms with Crippen molar-refractivity contribution < 1.29 is 13.5 Å². The van der Waals surface area contributed by atoms with Gasteiger partial charge in [0.05, 0.1) is 10.6 Å². The van der Waals surface area contributed by atoms with E-state index >= 15 is 0 Å². The summed E-state index contributed by atoms with van der Waals surface area (Å²) in [6.45, 7) is 3.71. The largest absolute Gasteiger partial charge is 0.508 e. The van der Waals surface area contributed by atoms with E-state index in [-0.39, 0.29) is 17.2 Å². The van der Waals surface area contributed by atoms with Gasteiger partial charge in [-0.15, -0.1) is 0 Å². The molecule has 0 saturated carbocycles. The van der Waals surface area contributed by atoms with Crippen LogP contribution >= 0.6 is 0 Å². The predicted molar refractivity (Wildman–Crippen MR) is 83.9 cm³/mol. The Bertz CT molecular complexity index is 757. The van der Waals surface area contributed by atoms with Crippen LogP contribution < -0.4 is 10.0 Å². The SMILES string of the molecule is CCN(c1cccc(O)c1)S(=O)(=O)c1ccc(N)cc1C. The topological polar surface area (TPSA) is 83.6 Å². The molecule has 0 aromatic heterocycles. The molecule has 6 heteroatoms. The first-order valence-corrected chi connectivity index (χ1v) is 7.98. The summed E-state index contributed by atoms with van der Waals surface area (Å²) >= 11 is 0. The minimum atomic E-state index is -3.70. The highest BCUT2D eigenvalue weighted by Crippen LogP contribution is 2.28. The molecule has 0 aliphatic carbocycles. The maximum atomic E-state index is 12.8. The van der Waals surface area contributed by atoms with Crippen LogP contribution in [0.25, 0.3) is 0 Å². The Labute approximate surface area is 124 Å². The summed E-state index contributed by atoms with van der Waals surface area (Å²) in [6, 6.07) is 10.9. The second kappa shape index (κ2) is 5.65. The van der Waals surface area contributed by atoms with Crippen LogP contribution in [0.15, 0.2) is 47.4 Å². The van der Waals surface area contributed by atoms with Gasteiger partial charge in [-0.1, -0.05) is 6.07 Å². The van der Waals surface area contributed by atoms with Crippen molar-refractivity contribution in [1.82, 2.24) is 0 Å². The van der Waals surface area contributed by atoms with Gasteiger partial charge >= 0.3 is 0 Å². The third kappa shape index (κ3) is 2.95. The smallest absolute Gasteiger partial charge is 0.264 e. The minimum absolute atomic E-state index is 0.0233. The second-order valence-electron chi connectivity index (χ2n) is 4.71. The first kappa shape index (κ1) is 15.2. The van der Waals surface area contributed by atoms with E-state index < -0.39 is 10.0 Å². The molecule has 0 aliphatic heterocycles. The molecule has 0 aliphatic rings. The number of sulfonamides is 1. The van der Waals surface area contributed by atoms with Gasteiger partial charge in [0.1, 0.15) is 5.75 Å². The molecule has 0 bridgehead atoms. The van der Waals surface area contributed by atoms with Crippen LogP contribution in [-0.2, 0) is 10.0 Å². The van der Waals surface area contributed by atoms with Gasteiger partial charge in [-0.3, -0.25) is 4.31 Å². The average molecular weight is 306 g/mol. The quantitative estimate of drug-likeness (QED) is 0.850. The fourth-order valence-electron chi connectivity index (χ4n) is 2.22. The molecule has 0 spiro atoms. The molecule has 0 saturated heterocycles. The van der Waals surface area contributed by atoms with Gasteiger partial charge < -0.3 is 10.8 Å². The monoisotopic (exact) mass is 306 g/mol. The van der Waals surface area contributed by atoms with Crippen molar-refractivity contribution in [2.45, 2.75) is 18.7 Å². The summed E-state index contributed by atoms with van der Waals surface area (Å²) in [5.74, 6) is 0.0233. The van der Waals surface area contributed by atoms with Gasteiger partial charge in [0.2, 0.25) is 0 Å². The van der Waals surface area contributed by atoms with E-state index in [1.807, 2.05) is 0 Å². The van der Waals surface area contributed by atoms with Crippen molar-refractivity contribution in [3.05, 3.63) is 48.0 Å². The van der Waals surface area contributed by atoms with Gasteiger partial charge in [-0.05, 0) is 49.7 Å². The van der Waals surface area contributed by atoms with Crippen LogP contribution in [0.3, 0.4) is 0 Å². The Balaban J connectivity index is 2.54. The van der Waals surface area contributed by atoms with Gasteiger partial charge in [0.15, 0.2) is 0 Å². The number of benzene rings is 2. The number of nitrogens with two attached hydrogens (primary N) is 1. The molecule has 0 unspecified atom stereocenters. The molecule has 0 radical (unpaired) electrons. The molecular weight excluding hydrogens is 288 g/mol. The Morgan fingerprint density at radius 3 is 2.48 bits per heavy atom. The zero-order valence-electron chi connectivity index (χ0n) is 11.9. The van der Waals surface area contributed by atoms with Crippen molar-refractivity contribution in [2.75, 3.05) is 16.6 Å². The van der Waals surface area contributed by atoms with Crippen molar-refractivity contribution in [3.63, 3.8) is 0 Å². The van der Waals surface area contributed by atoms with E-state index in [0.29, 0.717) is 16.9 Å². The van der Waals surface area contributed by atoms with E-state index in [1.165, 1.54) is 22.5 Å². The van der Waals surface area contributed by atoms with E-state index in [4.69, 9.17) is 5.73 Å². The van der Waals surface area contributed by atoms with E-state index in [9.17, 15) is 13.5 Å². The molecule has 0 fully saturated rings. The number of aromatic hydroxyl groups is 1. The lowest BCUT2D eigenvalue weighted by molar-refractivity contribution is 0.475. The number of anilines is 2. The molecule has 2 aromatic rings. The first-order chi connectivity index (χ1) is 9.86. The summed E-state index contributed by atoms with van der Waals surface area (Å²) in [5, 5.41) is 9.55. The van der Waals surface area contributed by atoms with Gasteiger partial charge in [-0.2, -0.15) is 0 Å². The maximum absolute atomic E-state index is 12.8. The zero-order chi connectivity index (χ0) is 15.6. The molecule has 2 rings (SSSR count). The molecular formula is C15H18N2O3S. The van der Waals surface area contributed by atoms with Crippen molar-refractivity contribution >= 4 is 21.4 Å². The van der Waals surface area contributed by atoms with E-state index in [2.05, 4.69) is 0 Å². The molecule has 21 heavy (non-hydrogen) atoms. The van der Waals surface area contributed by atoms with E-state index in [1.54, 1.807) is 38.1 Å². The van der Waals surface area contributed by atoms with Gasteiger partial charge in [0, 0.05) is 18.3 Å². The fourth-order valence-corrected chi connectivity index (χ4v) is 3.89. The first-order valence-electron chi connectivity index (χ1n) is 6.54. The molecule has 0 atom stereocenters. The minimum Gasteiger partial charge on any atom is -0.508 e. The summed E-state index contributed by atoms with van der Waals surface area (Å²) in [7, 11) is -3.70. The number of hydrogen-bond acceptors (Lipinski definition) is 4. The third-order valence-corrected chi connectivity index (χ3v) is 5.24. The van der Waals surface area contributed by atoms with Crippen LogP contribution in [0.5, 0.6) is 5.75 Å². The standard InChI is InChI=1S/C15H18N2O3S/c1-3-17(13-5-4-6-14(18)10-13)21(19,20)15-8-7-12(16)9-11(15)2/h4-10,18H,3,16H2,1-2H3. The number of nitrogens with zero attached hydrogens (tertiary/aromatic N) is 1. The highest BCUT2D eigenvalue weighted by atomic mass is 32.2. The molecule has 5 nitrogen and oxygen atoms in total. The van der Waals surface area contributed by atoms with E-state index in [0.717, 1.165) is 0 Å². The summed E-state index contributed by atoms with van der Waals surface area (Å²) in [4.78, 5) is 0.210. The maximum Gasteiger partial charge on any atom is 0.264 e. The van der Waals surface area contributed by atoms with Crippen molar-refractivity contribution in [2.24, 2.45) is 0 Å². The van der Waals surface area contributed by atoms with Crippen LogP contribution in [0, 0.1) is 6.92 Å².